The third-order valence-electron chi connectivity index (χ3n) is 2.78. The number of hydrogen-bond donors (Lipinski definition) is 1. The first-order valence-corrected chi connectivity index (χ1v) is 6.76. The van der Waals surface area contributed by atoms with Gasteiger partial charge in [-0.2, -0.15) is 0 Å². The van der Waals surface area contributed by atoms with E-state index in [4.69, 9.17) is 23.8 Å². The molecule has 3 nitrogen and oxygen atoms in total. The molecule has 1 amide bonds. The van der Waals surface area contributed by atoms with Crippen molar-refractivity contribution >= 4 is 40.5 Å². The minimum atomic E-state index is -0.255. The number of para-hydroxylation sites is 1. The van der Waals surface area contributed by atoms with Crippen molar-refractivity contribution in [2.24, 2.45) is 0 Å². The van der Waals surface area contributed by atoms with Gasteiger partial charge in [0.25, 0.3) is 5.91 Å². The zero-order chi connectivity index (χ0) is 14.5. The van der Waals surface area contributed by atoms with Gasteiger partial charge < -0.3 is 4.90 Å². The number of halogens is 1. The van der Waals surface area contributed by atoms with Gasteiger partial charge in [-0.3, -0.25) is 10.1 Å². The third kappa shape index (κ3) is 3.56. The molecule has 1 N–H and O–H groups in total. The van der Waals surface area contributed by atoms with Crippen LogP contribution in [0.15, 0.2) is 54.6 Å². The Morgan fingerprint density at radius 1 is 1.10 bits per heavy atom. The lowest BCUT2D eigenvalue weighted by Gasteiger charge is -2.20. The standard InChI is InChI=1S/C15H13ClN2OS/c1-18(13-5-3-2-4-6-13)15(20)17-14(19)11-7-9-12(16)10-8-11/h2-10H,1H3,(H,17,19,20). The molecular weight excluding hydrogens is 292 g/mol. The second-order valence-corrected chi connectivity index (χ2v) is 4.98. The SMILES string of the molecule is CN(C(=S)NC(=O)c1ccc(Cl)cc1)c1ccccc1. The van der Waals surface area contributed by atoms with Gasteiger partial charge in [-0.05, 0) is 48.6 Å². The Balaban J connectivity index is 2.04. The average molecular weight is 305 g/mol. The van der Waals surface area contributed by atoms with E-state index in [1.54, 1.807) is 36.2 Å². The number of nitrogens with zero attached hydrogens (tertiary/aromatic N) is 1. The van der Waals surface area contributed by atoms with Gasteiger partial charge in [-0.15, -0.1) is 0 Å². The van der Waals surface area contributed by atoms with Gasteiger partial charge in [-0.1, -0.05) is 29.8 Å². The highest BCUT2D eigenvalue weighted by Gasteiger charge is 2.11. The van der Waals surface area contributed by atoms with Crippen molar-refractivity contribution in [2.45, 2.75) is 0 Å². The van der Waals surface area contributed by atoms with Crippen molar-refractivity contribution in [3.63, 3.8) is 0 Å². The second-order valence-electron chi connectivity index (χ2n) is 4.16. The molecule has 0 saturated heterocycles. The Bertz CT molecular complexity index is 614. The van der Waals surface area contributed by atoms with E-state index in [1.165, 1.54) is 0 Å². The zero-order valence-electron chi connectivity index (χ0n) is 10.8. The lowest BCUT2D eigenvalue weighted by atomic mass is 10.2. The molecule has 0 heterocycles. The van der Waals surface area contributed by atoms with Gasteiger partial charge in [0.15, 0.2) is 5.11 Å². The van der Waals surface area contributed by atoms with Crippen molar-refractivity contribution in [2.75, 3.05) is 11.9 Å². The Hall–Kier alpha value is -1.91. The minimum absolute atomic E-state index is 0.255. The average Bonchev–Trinajstić information content (AvgIpc) is 2.48. The molecule has 0 fully saturated rings. The molecule has 2 aromatic rings. The van der Waals surface area contributed by atoms with E-state index in [2.05, 4.69) is 5.32 Å². The molecule has 102 valence electrons. The maximum atomic E-state index is 12.0. The van der Waals surface area contributed by atoms with Gasteiger partial charge >= 0.3 is 0 Å². The number of amides is 1. The number of thiocarbonyl (C=S) groups is 1. The topological polar surface area (TPSA) is 32.3 Å². The van der Waals surface area contributed by atoms with Crippen molar-refractivity contribution < 1.29 is 4.79 Å². The lowest BCUT2D eigenvalue weighted by molar-refractivity contribution is 0.0977. The summed E-state index contributed by atoms with van der Waals surface area (Å²) in [6.45, 7) is 0. The van der Waals surface area contributed by atoms with Gasteiger partial charge in [0.1, 0.15) is 0 Å². The molecule has 0 radical (unpaired) electrons. The summed E-state index contributed by atoms with van der Waals surface area (Å²) in [6, 6.07) is 16.2. The van der Waals surface area contributed by atoms with Gasteiger partial charge in [-0.25, -0.2) is 0 Å². The molecule has 0 aliphatic carbocycles. The van der Waals surface area contributed by atoms with Gasteiger partial charge in [0.2, 0.25) is 0 Å². The molecule has 2 rings (SSSR count). The number of anilines is 1. The third-order valence-corrected chi connectivity index (χ3v) is 3.40. The summed E-state index contributed by atoms with van der Waals surface area (Å²) in [6.07, 6.45) is 0. The van der Waals surface area contributed by atoms with Crippen molar-refractivity contribution in [3.8, 4) is 0 Å². The Kier molecular flexibility index (Phi) is 4.71. The van der Waals surface area contributed by atoms with Crippen LogP contribution in [-0.2, 0) is 0 Å². The number of carbonyl (C=O) groups is 1. The monoisotopic (exact) mass is 304 g/mol. The normalized spacial score (nSPS) is 9.90. The zero-order valence-corrected chi connectivity index (χ0v) is 12.4. The van der Waals surface area contributed by atoms with Crippen LogP contribution >= 0.6 is 23.8 Å². The van der Waals surface area contributed by atoms with E-state index in [1.807, 2.05) is 30.3 Å². The summed E-state index contributed by atoms with van der Waals surface area (Å²) in [4.78, 5) is 13.8. The summed E-state index contributed by atoms with van der Waals surface area (Å²) in [7, 11) is 1.81. The molecule has 0 bridgehead atoms. The van der Waals surface area contributed by atoms with E-state index in [-0.39, 0.29) is 5.91 Å². The van der Waals surface area contributed by atoms with E-state index in [9.17, 15) is 4.79 Å². The Labute approximate surface area is 128 Å². The van der Waals surface area contributed by atoms with E-state index in [0.29, 0.717) is 15.7 Å². The van der Waals surface area contributed by atoms with Gasteiger partial charge in [0, 0.05) is 23.3 Å². The smallest absolute Gasteiger partial charge is 0.257 e. The van der Waals surface area contributed by atoms with Crippen LogP contribution in [0.3, 0.4) is 0 Å². The maximum Gasteiger partial charge on any atom is 0.257 e. The fourth-order valence-corrected chi connectivity index (χ4v) is 1.95. The summed E-state index contributed by atoms with van der Waals surface area (Å²) in [5.41, 5.74) is 1.42. The quantitative estimate of drug-likeness (QED) is 0.862. The predicted octanol–water partition coefficient (Wildman–Crippen LogP) is 3.49. The first kappa shape index (κ1) is 14.5. The molecule has 0 atom stereocenters. The molecular formula is C15H13ClN2OS. The lowest BCUT2D eigenvalue weighted by Crippen LogP contribution is -2.40. The number of benzene rings is 2. The molecule has 2 aromatic carbocycles. The summed E-state index contributed by atoms with van der Waals surface area (Å²) in [5, 5.41) is 3.62. The van der Waals surface area contributed by atoms with E-state index < -0.39 is 0 Å². The molecule has 5 heteroatoms. The second kappa shape index (κ2) is 6.50. The van der Waals surface area contributed by atoms with Crippen LogP contribution < -0.4 is 10.2 Å². The van der Waals surface area contributed by atoms with Crippen LogP contribution in [0.25, 0.3) is 0 Å². The van der Waals surface area contributed by atoms with Crippen LogP contribution in [0.4, 0.5) is 5.69 Å². The number of hydrogen-bond acceptors (Lipinski definition) is 2. The first-order chi connectivity index (χ1) is 9.58. The highest BCUT2D eigenvalue weighted by atomic mass is 35.5. The summed E-state index contributed by atoms with van der Waals surface area (Å²) < 4.78 is 0. The Morgan fingerprint density at radius 3 is 2.30 bits per heavy atom. The van der Waals surface area contributed by atoms with Gasteiger partial charge in [0.05, 0.1) is 0 Å². The number of nitrogens with one attached hydrogen (secondary N) is 1. The molecule has 0 aromatic heterocycles. The number of carbonyl (C=O) groups excluding carboxylic acids is 1. The minimum Gasteiger partial charge on any atom is -0.322 e. The molecule has 0 saturated carbocycles. The highest BCUT2D eigenvalue weighted by molar-refractivity contribution is 7.80. The molecule has 0 aliphatic heterocycles. The molecule has 0 spiro atoms. The summed E-state index contributed by atoms with van der Waals surface area (Å²) >= 11 is 11.0. The summed E-state index contributed by atoms with van der Waals surface area (Å²) in [5.74, 6) is -0.255. The first-order valence-electron chi connectivity index (χ1n) is 5.97. The fourth-order valence-electron chi connectivity index (χ4n) is 1.62. The predicted molar refractivity (Wildman–Crippen MR) is 86.4 cm³/mol. The number of rotatable bonds is 2. The van der Waals surface area contributed by atoms with Crippen LogP contribution in [0.5, 0.6) is 0 Å². The van der Waals surface area contributed by atoms with Crippen molar-refractivity contribution in [1.82, 2.24) is 5.32 Å². The molecule has 0 unspecified atom stereocenters. The molecule has 20 heavy (non-hydrogen) atoms. The highest BCUT2D eigenvalue weighted by Crippen LogP contribution is 2.12. The van der Waals surface area contributed by atoms with Crippen LogP contribution in [0.2, 0.25) is 5.02 Å². The van der Waals surface area contributed by atoms with Crippen molar-refractivity contribution in [1.29, 1.82) is 0 Å². The maximum absolute atomic E-state index is 12.0. The Morgan fingerprint density at radius 2 is 1.70 bits per heavy atom. The molecule has 0 aliphatic rings. The largest absolute Gasteiger partial charge is 0.322 e. The van der Waals surface area contributed by atoms with E-state index in [0.717, 1.165) is 5.69 Å². The van der Waals surface area contributed by atoms with Crippen LogP contribution in [0.1, 0.15) is 10.4 Å². The van der Waals surface area contributed by atoms with Crippen molar-refractivity contribution in [3.05, 3.63) is 65.2 Å². The fraction of sp³-hybridized carbons (Fsp3) is 0.0667. The van der Waals surface area contributed by atoms with Crippen LogP contribution in [-0.4, -0.2) is 18.1 Å². The van der Waals surface area contributed by atoms with Crippen LogP contribution in [0, 0.1) is 0 Å². The van der Waals surface area contributed by atoms with E-state index >= 15 is 0 Å².